The molecule has 2 aliphatic rings. The van der Waals surface area contributed by atoms with Crippen LogP contribution < -0.4 is 10.2 Å². The number of carbonyl (C=O) groups is 1. The van der Waals surface area contributed by atoms with E-state index in [0.717, 1.165) is 69.0 Å². The molecule has 4 rings (SSSR count). The van der Waals surface area contributed by atoms with E-state index in [0.29, 0.717) is 13.0 Å². The molecule has 35 heavy (non-hydrogen) atoms. The van der Waals surface area contributed by atoms with Crippen LogP contribution in [0.5, 0.6) is 0 Å². The van der Waals surface area contributed by atoms with Gasteiger partial charge in [-0.25, -0.2) is 22.8 Å². The predicted molar refractivity (Wildman–Crippen MR) is 136 cm³/mol. The summed E-state index contributed by atoms with van der Waals surface area (Å²) in [5.41, 5.74) is 1.25. The van der Waals surface area contributed by atoms with Gasteiger partial charge in [-0.1, -0.05) is 6.92 Å². The van der Waals surface area contributed by atoms with Crippen LogP contribution in [0.1, 0.15) is 44.6 Å². The second-order valence-corrected chi connectivity index (χ2v) is 11.1. The summed E-state index contributed by atoms with van der Waals surface area (Å²) in [4.78, 5) is 26.4. The summed E-state index contributed by atoms with van der Waals surface area (Å²) in [6.45, 7) is 4.32. The number of halogens is 2. The van der Waals surface area contributed by atoms with E-state index >= 15 is 0 Å². The molecule has 1 amide bonds. The number of likely N-dealkylation sites (tertiary alicyclic amines) is 1. The fraction of sp³-hybridized carbons (Fsp3) is 0.542. The number of carbonyl (C=O) groups excluding carboxylic acids is 1. The molecule has 1 N–H and O–H groups in total. The second kappa shape index (κ2) is 11.5. The fourth-order valence-electron chi connectivity index (χ4n) is 4.66. The van der Waals surface area contributed by atoms with Gasteiger partial charge in [0.15, 0.2) is 9.84 Å². The molecule has 192 valence electrons. The third kappa shape index (κ3) is 6.41. The molecule has 0 aliphatic carbocycles. The van der Waals surface area contributed by atoms with E-state index in [1.165, 1.54) is 12.1 Å². The van der Waals surface area contributed by atoms with Crippen LogP contribution in [0.4, 0.5) is 16.0 Å². The Balaban J connectivity index is 0.00000342. The summed E-state index contributed by atoms with van der Waals surface area (Å²) in [6, 6.07) is 3.35. The number of sulfone groups is 1. The Kier molecular flexibility index (Phi) is 8.93. The molecular weight excluding hydrogens is 493 g/mol. The Morgan fingerprint density at radius 1 is 1.09 bits per heavy atom. The molecule has 0 bridgehead atoms. The predicted octanol–water partition coefficient (Wildman–Crippen LogP) is 3.47. The van der Waals surface area contributed by atoms with Gasteiger partial charge in [-0.3, -0.25) is 4.79 Å². The average Bonchev–Trinajstić information content (AvgIpc) is 3.01. The van der Waals surface area contributed by atoms with Crippen molar-refractivity contribution in [1.82, 2.24) is 14.9 Å². The molecule has 0 saturated carbocycles. The van der Waals surface area contributed by atoms with Crippen LogP contribution in [0.3, 0.4) is 0 Å². The number of nitrogens with one attached hydrogen (secondary N) is 1. The first-order chi connectivity index (χ1) is 16.3. The molecule has 0 unspecified atom stereocenters. The molecule has 2 saturated heterocycles. The van der Waals surface area contributed by atoms with Crippen LogP contribution >= 0.6 is 12.4 Å². The van der Waals surface area contributed by atoms with Gasteiger partial charge >= 0.3 is 0 Å². The van der Waals surface area contributed by atoms with E-state index in [-0.39, 0.29) is 34.9 Å². The fourth-order valence-corrected chi connectivity index (χ4v) is 5.30. The molecule has 3 heterocycles. The van der Waals surface area contributed by atoms with Crippen LogP contribution in [-0.2, 0) is 21.1 Å². The molecular formula is C24H33ClFN5O3S. The van der Waals surface area contributed by atoms with E-state index < -0.39 is 21.7 Å². The molecule has 0 spiro atoms. The third-order valence-electron chi connectivity index (χ3n) is 6.71. The summed E-state index contributed by atoms with van der Waals surface area (Å²) in [5, 5.41) is 3.04. The van der Waals surface area contributed by atoms with Crippen molar-refractivity contribution in [2.45, 2.75) is 62.4 Å². The minimum atomic E-state index is -3.50. The monoisotopic (exact) mass is 525 g/mol. The Morgan fingerprint density at radius 3 is 2.37 bits per heavy atom. The van der Waals surface area contributed by atoms with Crippen molar-refractivity contribution in [3.05, 3.63) is 42.0 Å². The van der Waals surface area contributed by atoms with E-state index in [1.807, 2.05) is 17.3 Å². The molecule has 1 atom stereocenters. The maximum Gasteiger partial charge on any atom is 0.245 e. The lowest BCUT2D eigenvalue weighted by Crippen LogP contribution is -2.51. The SMILES string of the molecule is CCc1cnc(N2CCC(N3CCCC[C@H](Nc4ccc(S(C)(=O)=O)cc4F)C3=O)CC2)nc1.Cl. The molecule has 2 fully saturated rings. The van der Waals surface area contributed by atoms with Crippen molar-refractivity contribution in [1.29, 1.82) is 0 Å². The first-order valence-electron chi connectivity index (χ1n) is 11.9. The number of aromatic nitrogens is 2. The minimum Gasteiger partial charge on any atom is -0.371 e. The Morgan fingerprint density at radius 2 is 1.77 bits per heavy atom. The van der Waals surface area contributed by atoms with Crippen molar-refractivity contribution in [3.63, 3.8) is 0 Å². The first-order valence-corrected chi connectivity index (χ1v) is 13.8. The zero-order chi connectivity index (χ0) is 24.3. The number of piperidine rings is 1. The molecule has 2 aliphatic heterocycles. The summed E-state index contributed by atoms with van der Waals surface area (Å²) < 4.78 is 38.0. The normalized spacial score (nSPS) is 19.7. The van der Waals surface area contributed by atoms with Crippen LogP contribution in [-0.4, -0.2) is 67.2 Å². The van der Waals surface area contributed by atoms with Crippen LogP contribution in [0.25, 0.3) is 0 Å². The molecule has 11 heteroatoms. The van der Waals surface area contributed by atoms with Gasteiger partial charge in [-0.15, -0.1) is 12.4 Å². The molecule has 0 radical (unpaired) electrons. The number of hydrogen-bond acceptors (Lipinski definition) is 7. The Hall–Kier alpha value is -2.46. The number of amides is 1. The largest absolute Gasteiger partial charge is 0.371 e. The highest BCUT2D eigenvalue weighted by Gasteiger charge is 2.34. The van der Waals surface area contributed by atoms with Gasteiger partial charge in [-0.2, -0.15) is 0 Å². The van der Waals surface area contributed by atoms with Gasteiger partial charge in [0.25, 0.3) is 0 Å². The van der Waals surface area contributed by atoms with Crippen molar-refractivity contribution >= 4 is 39.8 Å². The third-order valence-corrected chi connectivity index (χ3v) is 7.82. The molecule has 1 aromatic heterocycles. The van der Waals surface area contributed by atoms with Crippen molar-refractivity contribution in [3.8, 4) is 0 Å². The summed E-state index contributed by atoms with van der Waals surface area (Å²) in [5.74, 6) is 0.0328. The highest BCUT2D eigenvalue weighted by molar-refractivity contribution is 7.90. The Labute approximate surface area is 212 Å². The van der Waals surface area contributed by atoms with Crippen LogP contribution in [0.15, 0.2) is 35.5 Å². The van der Waals surface area contributed by atoms with Gasteiger partial charge in [0.1, 0.15) is 11.9 Å². The van der Waals surface area contributed by atoms with E-state index in [1.54, 1.807) is 0 Å². The van der Waals surface area contributed by atoms with E-state index in [9.17, 15) is 17.6 Å². The minimum absolute atomic E-state index is 0. The van der Waals surface area contributed by atoms with Gasteiger partial charge in [0.2, 0.25) is 11.9 Å². The summed E-state index contributed by atoms with van der Waals surface area (Å²) in [7, 11) is -3.50. The number of hydrogen-bond donors (Lipinski definition) is 1. The van der Waals surface area contributed by atoms with Gasteiger partial charge < -0.3 is 15.1 Å². The van der Waals surface area contributed by atoms with Gasteiger partial charge in [-0.05, 0) is 62.3 Å². The van der Waals surface area contributed by atoms with Crippen molar-refractivity contribution in [2.75, 3.05) is 36.1 Å². The zero-order valence-electron chi connectivity index (χ0n) is 20.1. The topological polar surface area (TPSA) is 95.5 Å². The lowest BCUT2D eigenvalue weighted by molar-refractivity contribution is -0.134. The number of aryl methyl sites for hydroxylation is 1. The maximum absolute atomic E-state index is 14.6. The van der Waals surface area contributed by atoms with Crippen LogP contribution in [0, 0.1) is 5.82 Å². The standard InChI is InChI=1S/C24H32FN5O3S.ClH/c1-3-17-15-26-24(27-16-17)29-12-9-18(10-13-29)30-11-5-4-6-22(23(30)31)28-21-8-7-19(14-20(21)25)34(2,32)33;/h7-8,14-16,18,22,28H,3-6,9-13H2,1-2H3;1H/t22-;/m0./s1. The number of nitrogens with zero attached hydrogens (tertiary/aromatic N) is 4. The first kappa shape index (κ1) is 27.1. The number of anilines is 2. The van der Waals surface area contributed by atoms with E-state index in [4.69, 9.17) is 0 Å². The average molecular weight is 526 g/mol. The lowest BCUT2D eigenvalue weighted by Gasteiger charge is -2.39. The number of rotatable bonds is 6. The van der Waals surface area contributed by atoms with Crippen molar-refractivity contribution < 1.29 is 17.6 Å². The lowest BCUT2D eigenvalue weighted by atomic mass is 10.0. The smallest absolute Gasteiger partial charge is 0.245 e. The van der Waals surface area contributed by atoms with Crippen molar-refractivity contribution in [2.24, 2.45) is 0 Å². The molecule has 1 aromatic carbocycles. The maximum atomic E-state index is 14.6. The quantitative estimate of drug-likeness (QED) is 0.617. The summed E-state index contributed by atoms with van der Waals surface area (Å²) >= 11 is 0. The Bertz CT molecular complexity index is 1120. The van der Waals surface area contributed by atoms with Gasteiger partial charge in [0.05, 0.1) is 10.6 Å². The van der Waals surface area contributed by atoms with Crippen LogP contribution in [0.2, 0.25) is 0 Å². The summed E-state index contributed by atoms with van der Waals surface area (Å²) in [6.07, 6.45) is 9.71. The van der Waals surface area contributed by atoms with Gasteiger partial charge in [0, 0.05) is 44.3 Å². The molecule has 2 aromatic rings. The highest BCUT2D eigenvalue weighted by atomic mass is 35.5. The molecule has 8 nitrogen and oxygen atoms in total. The van der Waals surface area contributed by atoms with E-state index in [2.05, 4.69) is 27.1 Å². The highest BCUT2D eigenvalue weighted by Crippen LogP contribution is 2.26. The second-order valence-electron chi connectivity index (χ2n) is 9.10. The number of benzene rings is 1. The zero-order valence-corrected chi connectivity index (χ0v) is 21.7.